The van der Waals surface area contributed by atoms with Crippen molar-refractivity contribution in [2.24, 2.45) is 0 Å². The topological polar surface area (TPSA) is 60.0 Å². The average Bonchev–Trinajstić information content (AvgIpc) is 3.11. The Hall–Kier alpha value is -2.97. The fourth-order valence-corrected chi connectivity index (χ4v) is 4.88. The molecule has 0 aliphatic carbocycles. The lowest BCUT2D eigenvalue weighted by atomic mass is 10.1. The molecule has 3 aromatic carbocycles. The van der Waals surface area contributed by atoms with Crippen molar-refractivity contribution >= 4 is 69.8 Å². The zero-order chi connectivity index (χ0) is 25.8. The number of nitrogens with one attached hydrogen (secondary N) is 1. The Balaban J connectivity index is 1.60. The first-order chi connectivity index (χ1) is 17.3. The molecule has 0 unspecified atom stereocenters. The minimum Gasteiger partial charge on any atom is -0.496 e. The fourth-order valence-electron chi connectivity index (χ4n) is 3.66. The Morgan fingerprint density at radius 2 is 1.72 bits per heavy atom. The van der Waals surface area contributed by atoms with Crippen molar-refractivity contribution in [3.05, 3.63) is 86.5 Å². The van der Waals surface area contributed by atoms with Gasteiger partial charge in [-0.25, -0.2) is 4.90 Å². The van der Waals surface area contributed by atoms with E-state index in [-0.39, 0.29) is 17.6 Å². The number of halogens is 3. The third-order valence-corrected chi connectivity index (χ3v) is 6.30. The maximum absolute atomic E-state index is 13.3. The molecular formula is C26H21Cl3N2O4S. The average molecular weight is 564 g/mol. The number of benzene rings is 3. The van der Waals surface area contributed by atoms with Gasteiger partial charge in [0.2, 0.25) is 0 Å². The largest absolute Gasteiger partial charge is 0.496 e. The summed E-state index contributed by atoms with van der Waals surface area (Å²) in [6.45, 7) is 2.46. The molecule has 36 heavy (non-hydrogen) atoms. The number of thiocarbonyl (C=S) groups is 1. The van der Waals surface area contributed by atoms with E-state index in [0.717, 1.165) is 11.1 Å². The van der Waals surface area contributed by atoms with Gasteiger partial charge in [0.1, 0.15) is 23.8 Å². The second-order valence-corrected chi connectivity index (χ2v) is 9.23. The number of carbonyl (C=O) groups excluding carboxylic acids is 1. The van der Waals surface area contributed by atoms with Gasteiger partial charge >= 0.3 is 0 Å². The third-order valence-electron chi connectivity index (χ3n) is 5.23. The molecule has 1 amide bonds. The van der Waals surface area contributed by atoms with Crippen molar-refractivity contribution < 1.29 is 19.0 Å². The van der Waals surface area contributed by atoms with Crippen LogP contribution in [0.25, 0.3) is 6.08 Å². The number of ether oxygens (including phenoxy) is 3. The van der Waals surface area contributed by atoms with Crippen molar-refractivity contribution in [3.8, 4) is 17.2 Å². The highest BCUT2D eigenvalue weighted by molar-refractivity contribution is 7.80. The van der Waals surface area contributed by atoms with E-state index in [2.05, 4.69) is 5.32 Å². The number of hydrogen-bond acceptors (Lipinski definition) is 5. The molecule has 1 saturated heterocycles. The highest BCUT2D eigenvalue weighted by atomic mass is 35.5. The third kappa shape index (κ3) is 5.55. The monoisotopic (exact) mass is 562 g/mol. The van der Waals surface area contributed by atoms with Gasteiger partial charge in [0.05, 0.1) is 29.4 Å². The van der Waals surface area contributed by atoms with E-state index >= 15 is 0 Å². The van der Waals surface area contributed by atoms with Gasteiger partial charge in [-0.1, -0.05) is 53.0 Å². The van der Waals surface area contributed by atoms with Gasteiger partial charge in [-0.3, -0.25) is 4.79 Å². The normalized spacial score (nSPS) is 14.2. The molecule has 186 valence electrons. The summed E-state index contributed by atoms with van der Waals surface area (Å²) in [6, 6.07) is 15.8. The van der Waals surface area contributed by atoms with Crippen LogP contribution in [0.1, 0.15) is 18.1 Å². The quantitative estimate of drug-likeness (QED) is 0.238. The molecule has 1 fully saturated rings. The van der Waals surface area contributed by atoms with Gasteiger partial charge in [0.25, 0.3) is 5.91 Å². The molecule has 0 saturated carbocycles. The second-order valence-electron chi connectivity index (χ2n) is 7.59. The Morgan fingerprint density at radius 3 is 2.42 bits per heavy atom. The standard InChI is InChI=1S/C26H21Cl3N2O4S/c1-3-34-23-7-5-4-6-21(23)31-25(32)20(30-26(31)36)11-15-8-9-22(33-2)16(10-15)14-35-24-18(28)12-17(27)13-19(24)29/h4-13H,3,14H2,1-2H3,(H,30,36)/b20-11+. The molecule has 1 heterocycles. The number of amides is 1. The number of hydrogen-bond donors (Lipinski definition) is 1. The summed E-state index contributed by atoms with van der Waals surface area (Å²) in [5, 5.41) is 4.27. The van der Waals surface area contributed by atoms with Crippen LogP contribution in [0.15, 0.2) is 60.3 Å². The van der Waals surface area contributed by atoms with Gasteiger partial charge in [0, 0.05) is 10.6 Å². The molecule has 3 aromatic rings. The Kier molecular flexibility index (Phi) is 8.26. The molecule has 0 aromatic heterocycles. The lowest BCUT2D eigenvalue weighted by Gasteiger charge is -2.18. The summed E-state index contributed by atoms with van der Waals surface area (Å²) < 4.78 is 17.0. The minimum absolute atomic E-state index is 0.120. The van der Waals surface area contributed by atoms with Gasteiger partial charge in [-0.05, 0) is 67.2 Å². The summed E-state index contributed by atoms with van der Waals surface area (Å²) >= 11 is 23.9. The van der Waals surface area contributed by atoms with Crippen LogP contribution in [0.4, 0.5) is 5.69 Å². The Morgan fingerprint density at radius 1 is 1.00 bits per heavy atom. The molecule has 0 atom stereocenters. The summed E-state index contributed by atoms with van der Waals surface area (Å²) in [4.78, 5) is 14.7. The Labute approximate surface area is 229 Å². The van der Waals surface area contributed by atoms with Gasteiger partial charge in [0.15, 0.2) is 10.9 Å². The van der Waals surface area contributed by atoms with Crippen LogP contribution in [-0.2, 0) is 11.4 Å². The molecule has 0 radical (unpaired) electrons. The van der Waals surface area contributed by atoms with Gasteiger partial charge in [-0.2, -0.15) is 0 Å². The number of para-hydroxylation sites is 2. The van der Waals surface area contributed by atoms with E-state index in [0.29, 0.717) is 50.3 Å². The first-order valence-corrected chi connectivity index (χ1v) is 12.4. The lowest BCUT2D eigenvalue weighted by Crippen LogP contribution is -2.30. The smallest absolute Gasteiger partial charge is 0.281 e. The molecule has 0 bridgehead atoms. The summed E-state index contributed by atoms with van der Waals surface area (Å²) in [5.74, 6) is 1.20. The highest BCUT2D eigenvalue weighted by Gasteiger charge is 2.33. The fraction of sp³-hybridized carbons (Fsp3) is 0.154. The maximum atomic E-state index is 13.3. The number of carbonyl (C=O) groups is 1. The van der Waals surface area contributed by atoms with Crippen molar-refractivity contribution in [3.63, 3.8) is 0 Å². The van der Waals surface area contributed by atoms with Crippen LogP contribution >= 0.6 is 47.0 Å². The summed E-state index contributed by atoms with van der Waals surface area (Å²) in [5.41, 5.74) is 2.36. The molecule has 1 aliphatic heterocycles. The summed E-state index contributed by atoms with van der Waals surface area (Å²) in [7, 11) is 1.56. The van der Waals surface area contributed by atoms with E-state index in [1.807, 2.05) is 31.2 Å². The SMILES string of the molecule is CCOc1ccccc1N1C(=O)/C(=C\c2ccc(OC)c(COc3c(Cl)cc(Cl)cc3Cl)c2)NC1=S. The van der Waals surface area contributed by atoms with E-state index in [4.69, 9.17) is 61.2 Å². The van der Waals surface area contributed by atoms with Gasteiger partial charge in [-0.15, -0.1) is 0 Å². The molecular weight excluding hydrogens is 543 g/mol. The van der Waals surface area contributed by atoms with E-state index in [1.54, 1.807) is 43.5 Å². The van der Waals surface area contributed by atoms with Crippen molar-refractivity contribution in [1.29, 1.82) is 0 Å². The van der Waals surface area contributed by atoms with Crippen LogP contribution in [-0.4, -0.2) is 24.7 Å². The van der Waals surface area contributed by atoms with Crippen molar-refractivity contribution in [1.82, 2.24) is 5.32 Å². The number of anilines is 1. The highest BCUT2D eigenvalue weighted by Crippen LogP contribution is 2.37. The van der Waals surface area contributed by atoms with Crippen molar-refractivity contribution in [2.75, 3.05) is 18.6 Å². The van der Waals surface area contributed by atoms with Crippen LogP contribution < -0.4 is 24.4 Å². The van der Waals surface area contributed by atoms with E-state index in [9.17, 15) is 4.79 Å². The minimum atomic E-state index is -0.291. The number of rotatable bonds is 8. The molecule has 1 aliphatic rings. The molecule has 10 heteroatoms. The van der Waals surface area contributed by atoms with Crippen molar-refractivity contribution in [2.45, 2.75) is 13.5 Å². The predicted octanol–water partition coefficient (Wildman–Crippen LogP) is 6.90. The molecule has 1 N–H and O–H groups in total. The second kappa shape index (κ2) is 11.4. The number of methoxy groups -OCH3 is 1. The van der Waals surface area contributed by atoms with Crippen LogP contribution in [0, 0.1) is 0 Å². The van der Waals surface area contributed by atoms with Crippen LogP contribution in [0.3, 0.4) is 0 Å². The number of nitrogens with zero attached hydrogens (tertiary/aromatic N) is 1. The van der Waals surface area contributed by atoms with E-state index < -0.39 is 0 Å². The maximum Gasteiger partial charge on any atom is 0.281 e. The van der Waals surface area contributed by atoms with Crippen LogP contribution in [0.5, 0.6) is 17.2 Å². The Bertz CT molecular complexity index is 1340. The molecule has 6 nitrogen and oxygen atoms in total. The predicted molar refractivity (Wildman–Crippen MR) is 148 cm³/mol. The molecule has 4 rings (SSSR count). The first-order valence-electron chi connectivity index (χ1n) is 10.9. The molecule has 0 spiro atoms. The lowest BCUT2D eigenvalue weighted by molar-refractivity contribution is -0.113. The van der Waals surface area contributed by atoms with Crippen LogP contribution in [0.2, 0.25) is 15.1 Å². The van der Waals surface area contributed by atoms with Gasteiger partial charge < -0.3 is 19.5 Å². The van der Waals surface area contributed by atoms with E-state index in [1.165, 1.54) is 4.90 Å². The zero-order valence-electron chi connectivity index (χ0n) is 19.3. The zero-order valence-corrected chi connectivity index (χ0v) is 22.4. The first kappa shape index (κ1) is 26.1. The summed E-state index contributed by atoms with van der Waals surface area (Å²) in [6.07, 6.45) is 1.71.